The van der Waals surface area contributed by atoms with Crippen LogP contribution in [0.25, 0.3) is 11.1 Å². The molecule has 2 rings (SSSR count). The van der Waals surface area contributed by atoms with Crippen molar-refractivity contribution in [2.24, 2.45) is 0 Å². The number of carbonyl (C=O) groups is 2. The number of aliphatic carboxylic acids is 1. The molecule has 0 fully saturated rings. The van der Waals surface area contributed by atoms with Crippen molar-refractivity contribution in [1.29, 1.82) is 0 Å². The zero-order valence-corrected chi connectivity index (χ0v) is 12.4. The molecule has 8 heteroatoms. The number of amides is 2. The lowest BCUT2D eigenvalue weighted by Crippen LogP contribution is -2.29. The van der Waals surface area contributed by atoms with Crippen LogP contribution in [0.15, 0.2) is 22.6 Å². The largest absolute Gasteiger partial charge is 0.481 e. The molecule has 1 aromatic carbocycles. The summed E-state index contributed by atoms with van der Waals surface area (Å²) in [6.45, 7) is 0.301. The number of carboxylic acids is 1. The van der Waals surface area contributed by atoms with Crippen LogP contribution in [0.4, 0.5) is 16.5 Å². The molecule has 0 spiro atoms. The summed E-state index contributed by atoms with van der Waals surface area (Å²) in [6.07, 6.45) is 0.412. The predicted octanol–water partition coefficient (Wildman–Crippen LogP) is 1.88. The number of carboxylic acid groups (broad SMARTS) is 1. The summed E-state index contributed by atoms with van der Waals surface area (Å²) < 4.78 is 5.52. The number of benzene rings is 1. The molecule has 2 amide bonds. The molecule has 0 unspecified atom stereocenters. The summed E-state index contributed by atoms with van der Waals surface area (Å²) in [5, 5.41) is 13.8. The number of fused-ring (bicyclic) bond motifs is 1. The van der Waals surface area contributed by atoms with E-state index in [1.165, 1.54) is 0 Å². The average molecular weight is 306 g/mol. The number of hydrogen-bond acceptors (Lipinski definition) is 5. The van der Waals surface area contributed by atoms with Crippen molar-refractivity contribution in [3.05, 3.63) is 18.2 Å². The Bertz CT molecular complexity index is 681. The van der Waals surface area contributed by atoms with Gasteiger partial charge in [-0.25, -0.2) is 4.79 Å². The second-order valence-electron chi connectivity index (χ2n) is 4.95. The van der Waals surface area contributed by atoms with Crippen molar-refractivity contribution in [2.45, 2.75) is 12.8 Å². The Hall–Kier alpha value is -2.77. The topological polar surface area (TPSA) is 108 Å². The van der Waals surface area contributed by atoms with Gasteiger partial charge in [0, 0.05) is 32.7 Å². The second-order valence-corrected chi connectivity index (χ2v) is 4.95. The molecular weight excluding hydrogens is 288 g/mol. The first-order valence-corrected chi connectivity index (χ1v) is 6.80. The number of hydrogen-bond donors (Lipinski definition) is 3. The van der Waals surface area contributed by atoms with Gasteiger partial charge in [-0.15, -0.1) is 0 Å². The van der Waals surface area contributed by atoms with Crippen LogP contribution < -0.4 is 15.5 Å². The van der Waals surface area contributed by atoms with Crippen LogP contribution >= 0.6 is 0 Å². The van der Waals surface area contributed by atoms with Crippen LogP contribution in [0.1, 0.15) is 12.8 Å². The summed E-state index contributed by atoms with van der Waals surface area (Å²) in [4.78, 5) is 28.1. The molecule has 22 heavy (non-hydrogen) atoms. The number of rotatable bonds is 6. The molecule has 0 saturated carbocycles. The highest BCUT2D eigenvalue weighted by Crippen LogP contribution is 2.23. The number of carbonyl (C=O) groups excluding carboxylic acids is 1. The summed E-state index contributed by atoms with van der Waals surface area (Å²) in [5.74, 6) is -0.879. The molecule has 0 bridgehead atoms. The Morgan fingerprint density at radius 2 is 2.14 bits per heavy atom. The average Bonchev–Trinajstić information content (AvgIpc) is 2.87. The van der Waals surface area contributed by atoms with Crippen molar-refractivity contribution >= 4 is 34.8 Å². The summed E-state index contributed by atoms with van der Waals surface area (Å²) >= 11 is 0. The molecule has 0 aliphatic heterocycles. The van der Waals surface area contributed by atoms with Gasteiger partial charge in [-0.2, -0.15) is 4.98 Å². The molecule has 1 heterocycles. The summed E-state index contributed by atoms with van der Waals surface area (Å²) in [6, 6.07) is 5.26. The van der Waals surface area contributed by atoms with Gasteiger partial charge in [0.25, 0.3) is 6.01 Å². The molecule has 0 saturated heterocycles. The van der Waals surface area contributed by atoms with Gasteiger partial charge in [0.1, 0.15) is 5.52 Å². The maximum Gasteiger partial charge on any atom is 0.319 e. The summed E-state index contributed by atoms with van der Waals surface area (Å²) in [7, 11) is 3.66. The van der Waals surface area contributed by atoms with E-state index in [0.717, 1.165) is 0 Å². The van der Waals surface area contributed by atoms with E-state index in [-0.39, 0.29) is 12.5 Å². The minimum atomic E-state index is -0.879. The first-order valence-electron chi connectivity index (χ1n) is 6.80. The highest BCUT2D eigenvalue weighted by Gasteiger charge is 2.09. The van der Waals surface area contributed by atoms with Crippen LogP contribution in [0, 0.1) is 0 Å². The van der Waals surface area contributed by atoms with E-state index in [2.05, 4.69) is 15.6 Å². The fourth-order valence-corrected chi connectivity index (χ4v) is 1.80. The molecule has 1 aromatic heterocycles. The number of anilines is 2. The van der Waals surface area contributed by atoms with E-state index in [0.29, 0.717) is 35.8 Å². The quantitative estimate of drug-likeness (QED) is 0.703. The molecule has 8 nitrogen and oxygen atoms in total. The fraction of sp³-hybridized carbons (Fsp3) is 0.357. The van der Waals surface area contributed by atoms with Crippen LogP contribution in [-0.2, 0) is 4.79 Å². The van der Waals surface area contributed by atoms with Crippen molar-refractivity contribution in [2.75, 3.05) is 30.9 Å². The van der Waals surface area contributed by atoms with Crippen LogP contribution in [0.2, 0.25) is 0 Å². The van der Waals surface area contributed by atoms with Crippen molar-refractivity contribution < 1.29 is 19.1 Å². The minimum absolute atomic E-state index is 0.0263. The van der Waals surface area contributed by atoms with Crippen LogP contribution in [0.3, 0.4) is 0 Å². The van der Waals surface area contributed by atoms with Crippen LogP contribution in [-0.4, -0.2) is 42.7 Å². The molecule has 3 N–H and O–H groups in total. The SMILES string of the molecule is CN(C)c1nc2cc(NC(=O)NCCCC(=O)O)ccc2o1. The summed E-state index contributed by atoms with van der Waals surface area (Å²) in [5.41, 5.74) is 1.87. The molecule has 2 aromatic rings. The minimum Gasteiger partial charge on any atom is -0.481 e. The Balaban J connectivity index is 1.93. The van der Waals surface area contributed by atoms with Gasteiger partial charge < -0.3 is 25.1 Å². The second kappa shape index (κ2) is 6.79. The van der Waals surface area contributed by atoms with E-state index in [1.54, 1.807) is 23.1 Å². The smallest absolute Gasteiger partial charge is 0.319 e. The lowest BCUT2D eigenvalue weighted by atomic mass is 10.3. The van der Waals surface area contributed by atoms with E-state index < -0.39 is 5.97 Å². The molecule has 0 aliphatic carbocycles. The zero-order chi connectivity index (χ0) is 16.1. The molecular formula is C14H18N4O4. The maximum absolute atomic E-state index is 11.7. The highest BCUT2D eigenvalue weighted by atomic mass is 16.4. The van der Waals surface area contributed by atoms with E-state index >= 15 is 0 Å². The van der Waals surface area contributed by atoms with Gasteiger partial charge in [-0.3, -0.25) is 4.79 Å². The first kappa shape index (κ1) is 15.6. The Labute approximate surface area is 127 Å². The van der Waals surface area contributed by atoms with E-state index in [9.17, 15) is 9.59 Å². The number of nitrogens with one attached hydrogen (secondary N) is 2. The lowest BCUT2D eigenvalue weighted by molar-refractivity contribution is -0.137. The molecule has 0 radical (unpaired) electrons. The standard InChI is InChI=1S/C14H18N4O4/c1-18(2)14-17-10-8-9(5-6-11(10)22-14)16-13(21)15-7-3-4-12(19)20/h5-6,8H,3-4,7H2,1-2H3,(H,19,20)(H2,15,16,21). The molecule has 0 atom stereocenters. The Morgan fingerprint density at radius 1 is 1.36 bits per heavy atom. The third-order valence-electron chi connectivity index (χ3n) is 2.87. The number of aromatic nitrogens is 1. The van der Waals surface area contributed by atoms with Gasteiger partial charge in [0.2, 0.25) is 0 Å². The van der Waals surface area contributed by atoms with Gasteiger partial charge in [-0.05, 0) is 24.6 Å². The maximum atomic E-state index is 11.7. The molecule has 118 valence electrons. The Kier molecular flexibility index (Phi) is 4.82. The van der Waals surface area contributed by atoms with Crippen molar-refractivity contribution in [3.63, 3.8) is 0 Å². The van der Waals surface area contributed by atoms with Gasteiger partial charge >= 0.3 is 12.0 Å². The fourth-order valence-electron chi connectivity index (χ4n) is 1.80. The lowest BCUT2D eigenvalue weighted by Gasteiger charge is -2.06. The Morgan fingerprint density at radius 3 is 2.82 bits per heavy atom. The van der Waals surface area contributed by atoms with Crippen molar-refractivity contribution in [3.8, 4) is 0 Å². The van der Waals surface area contributed by atoms with Gasteiger partial charge in [0.05, 0.1) is 0 Å². The first-order chi connectivity index (χ1) is 10.5. The van der Waals surface area contributed by atoms with Crippen LogP contribution in [0.5, 0.6) is 0 Å². The number of nitrogens with zero attached hydrogens (tertiary/aromatic N) is 2. The van der Waals surface area contributed by atoms with Gasteiger partial charge in [0.15, 0.2) is 5.58 Å². The third kappa shape index (κ3) is 4.11. The predicted molar refractivity (Wildman–Crippen MR) is 82.2 cm³/mol. The van der Waals surface area contributed by atoms with Crippen molar-refractivity contribution in [1.82, 2.24) is 10.3 Å². The monoisotopic (exact) mass is 306 g/mol. The normalized spacial score (nSPS) is 10.5. The third-order valence-corrected chi connectivity index (χ3v) is 2.87. The zero-order valence-electron chi connectivity index (χ0n) is 12.4. The molecule has 0 aliphatic rings. The highest BCUT2D eigenvalue weighted by molar-refractivity contribution is 5.91. The van der Waals surface area contributed by atoms with E-state index in [1.807, 2.05) is 14.1 Å². The number of urea groups is 1. The van der Waals surface area contributed by atoms with Gasteiger partial charge in [-0.1, -0.05) is 0 Å². The van der Waals surface area contributed by atoms with E-state index in [4.69, 9.17) is 9.52 Å². The number of oxazole rings is 1.